The van der Waals surface area contributed by atoms with Gasteiger partial charge in [0.05, 0.1) is 13.2 Å². The Hall–Kier alpha value is -0.910. The van der Waals surface area contributed by atoms with Gasteiger partial charge in [-0.1, -0.05) is 37.9 Å². The summed E-state index contributed by atoms with van der Waals surface area (Å²) in [5.74, 6) is 0.775. The molecular weight excluding hydrogens is 372 g/mol. The molecule has 1 unspecified atom stereocenters. The zero-order valence-corrected chi connectivity index (χ0v) is 13.8. The van der Waals surface area contributed by atoms with Gasteiger partial charge in [-0.2, -0.15) is 0 Å². The number of hydrogen-bond acceptors (Lipinski definition) is 3. The number of nitrogens with one attached hydrogen (secondary N) is 1. The molecule has 3 nitrogen and oxygen atoms in total. The lowest BCUT2D eigenvalue weighted by Crippen LogP contribution is -2.20. The number of ether oxygens (including phenoxy) is 1. The fourth-order valence-corrected chi connectivity index (χ4v) is 3.24. The summed E-state index contributed by atoms with van der Waals surface area (Å²) >= 11 is 7.05. The van der Waals surface area contributed by atoms with Crippen LogP contribution in [0.2, 0.25) is 0 Å². The topological polar surface area (TPSA) is 34.2 Å². The Morgan fingerprint density at radius 2 is 2.05 bits per heavy atom. The van der Waals surface area contributed by atoms with E-state index in [0.29, 0.717) is 0 Å². The van der Waals surface area contributed by atoms with E-state index in [1.54, 1.807) is 13.3 Å². The van der Waals surface area contributed by atoms with Crippen molar-refractivity contribution in [3.05, 3.63) is 56.7 Å². The lowest BCUT2D eigenvalue weighted by atomic mass is 10.0. The Kier molecular flexibility index (Phi) is 4.96. The smallest absolute Gasteiger partial charge is 0.142 e. The van der Waals surface area contributed by atoms with Gasteiger partial charge in [0.25, 0.3) is 0 Å². The molecule has 0 amide bonds. The molecule has 19 heavy (non-hydrogen) atoms. The minimum Gasteiger partial charge on any atom is -0.495 e. The van der Waals surface area contributed by atoms with Crippen LogP contribution in [0.3, 0.4) is 0 Å². The van der Waals surface area contributed by atoms with Crippen molar-refractivity contribution in [1.29, 1.82) is 0 Å². The van der Waals surface area contributed by atoms with E-state index in [1.807, 2.05) is 31.3 Å². The number of aromatic nitrogens is 1. The van der Waals surface area contributed by atoms with Crippen molar-refractivity contribution in [1.82, 2.24) is 10.3 Å². The number of methoxy groups -OCH3 is 1. The van der Waals surface area contributed by atoms with Crippen LogP contribution in [0.25, 0.3) is 0 Å². The molecule has 100 valence electrons. The highest BCUT2D eigenvalue weighted by Gasteiger charge is 2.20. The summed E-state index contributed by atoms with van der Waals surface area (Å²) < 4.78 is 7.44. The maximum atomic E-state index is 5.39. The lowest BCUT2D eigenvalue weighted by molar-refractivity contribution is 0.401. The molecule has 1 heterocycles. The van der Waals surface area contributed by atoms with Crippen molar-refractivity contribution >= 4 is 31.9 Å². The van der Waals surface area contributed by atoms with Crippen molar-refractivity contribution in [2.75, 3.05) is 14.2 Å². The highest BCUT2D eigenvalue weighted by molar-refractivity contribution is 9.11. The fraction of sp³-hybridized carbons (Fsp3) is 0.214. The maximum absolute atomic E-state index is 5.39. The first-order chi connectivity index (χ1) is 9.17. The summed E-state index contributed by atoms with van der Waals surface area (Å²) in [5, 5.41) is 3.28. The minimum atomic E-state index is -0.0291. The number of benzene rings is 1. The summed E-state index contributed by atoms with van der Waals surface area (Å²) in [6, 6.07) is 9.85. The van der Waals surface area contributed by atoms with Gasteiger partial charge in [-0.05, 0) is 36.9 Å². The van der Waals surface area contributed by atoms with Gasteiger partial charge in [-0.3, -0.25) is 4.98 Å². The quantitative estimate of drug-likeness (QED) is 0.865. The Balaban J connectivity index is 2.50. The molecule has 0 radical (unpaired) electrons. The predicted molar refractivity (Wildman–Crippen MR) is 83.5 cm³/mol. The van der Waals surface area contributed by atoms with E-state index in [0.717, 1.165) is 26.0 Å². The van der Waals surface area contributed by atoms with E-state index in [-0.39, 0.29) is 6.04 Å². The van der Waals surface area contributed by atoms with Crippen molar-refractivity contribution in [3.63, 3.8) is 0 Å². The third-order valence-electron chi connectivity index (χ3n) is 2.86. The van der Waals surface area contributed by atoms with Crippen LogP contribution < -0.4 is 10.1 Å². The van der Waals surface area contributed by atoms with Crippen molar-refractivity contribution in [3.8, 4) is 5.75 Å². The van der Waals surface area contributed by atoms with Crippen LogP contribution in [0.1, 0.15) is 17.3 Å². The second kappa shape index (κ2) is 6.50. The second-order valence-corrected chi connectivity index (χ2v) is 5.75. The van der Waals surface area contributed by atoms with Crippen molar-refractivity contribution in [2.24, 2.45) is 0 Å². The Bertz CT molecular complexity index is 575. The zero-order valence-electron chi connectivity index (χ0n) is 10.7. The molecule has 1 atom stereocenters. The molecular formula is C14H14Br2N2O. The van der Waals surface area contributed by atoms with Gasteiger partial charge in [0, 0.05) is 15.1 Å². The van der Waals surface area contributed by atoms with Crippen LogP contribution in [0, 0.1) is 0 Å². The fourth-order valence-electron chi connectivity index (χ4n) is 1.97. The lowest BCUT2D eigenvalue weighted by Gasteiger charge is -2.20. The van der Waals surface area contributed by atoms with Crippen molar-refractivity contribution in [2.45, 2.75) is 6.04 Å². The summed E-state index contributed by atoms with van der Waals surface area (Å²) in [6.07, 6.45) is 1.77. The first-order valence-electron chi connectivity index (χ1n) is 5.78. The molecule has 0 fully saturated rings. The first-order valence-corrected chi connectivity index (χ1v) is 7.37. The van der Waals surface area contributed by atoms with Gasteiger partial charge in [-0.25, -0.2) is 0 Å². The molecule has 0 saturated heterocycles. The summed E-state index contributed by atoms with van der Waals surface area (Å²) in [7, 11) is 3.57. The number of hydrogen-bond donors (Lipinski definition) is 1. The molecule has 0 spiro atoms. The van der Waals surface area contributed by atoms with Gasteiger partial charge >= 0.3 is 0 Å². The van der Waals surface area contributed by atoms with E-state index in [4.69, 9.17) is 4.74 Å². The van der Waals surface area contributed by atoms with E-state index in [2.05, 4.69) is 48.2 Å². The monoisotopic (exact) mass is 384 g/mol. The standard InChI is InChI=1S/C14H14Br2N2O/c1-17-13(10-6-5-9(15)8-11(10)16)14-12(19-2)4-3-7-18-14/h3-8,13,17H,1-2H3. The van der Waals surface area contributed by atoms with Gasteiger partial charge < -0.3 is 10.1 Å². The summed E-state index contributed by atoms with van der Waals surface area (Å²) in [4.78, 5) is 4.44. The Morgan fingerprint density at radius 3 is 2.68 bits per heavy atom. The average Bonchev–Trinajstić information content (AvgIpc) is 2.42. The normalized spacial score (nSPS) is 12.2. The number of halogens is 2. The van der Waals surface area contributed by atoms with E-state index in [1.165, 1.54) is 0 Å². The van der Waals surface area contributed by atoms with Crippen LogP contribution in [0.4, 0.5) is 0 Å². The highest BCUT2D eigenvalue weighted by Crippen LogP contribution is 2.33. The minimum absolute atomic E-state index is 0.0291. The van der Waals surface area contributed by atoms with E-state index in [9.17, 15) is 0 Å². The van der Waals surface area contributed by atoms with E-state index < -0.39 is 0 Å². The van der Waals surface area contributed by atoms with Gasteiger partial charge in [-0.15, -0.1) is 0 Å². The Morgan fingerprint density at radius 1 is 1.26 bits per heavy atom. The third kappa shape index (κ3) is 3.16. The molecule has 0 aliphatic carbocycles. The molecule has 1 N–H and O–H groups in total. The van der Waals surface area contributed by atoms with Gasteiger partial charge in [0.1, 0.15) is 11.4 Å². The highest BCUT2D eigenvalue weighted by atomic mass is 79.9. The molecule has 0 bridgehead atoms. The largest absolute Gasteiger partial charge is 0.495 e. The summed E-state index contributed by atoms with van der Waals surface area (Å²) in [5.41, 5.74) is 1.98. The number of rotatable bonds is 4. The molecule has 2 aromatic rings. The van der Waals surface area contributed by atoms with Gasteiger partial charge in [0.15, 0.2) is 0 Å². The SMILES string of the molecule is CNC(c1ccc(Br)cc1Br)c1ncccc1OC. The third-order valence-corrected chi connectivity index (χ3v) is 4.04. The summed E-state index contributed by atoms with van der Waals surface area (Å²) in [6.45, 7) is 0. The predicted octanol–water partition coefficient (Wildman–Crippen LogP) is 3.92. The maximum Gasteiger partial charge on any atom is 0.142 e. The molecule has 0 saturated carbocycles. The molecule has 5 heteroatoms. The van der Waals surface area contributed by atoms with Crippen LogP contribution >= 0.6 is 31.9 Å². The van der Waals surface area contributed by atoms with Crippen molar-refractivity contribution < 1.29 is 4.74 Å². The van der Waals surface area contributed by atoms with E-state index >= 15 is 0 Å². The van der Waals surface area contributed by atoms with Crippen LogP contribution in [0.5, 0.6) is 5.75 Å². The van der Waals surface area contributed by atoms with Gasteiger partial charge in [0.2, 0.25) is 0 Å². The molecule has 0 aliphatic heterocycles. The van der Waals surface area contributed by atoms with Crippen LogP contribution in [0.15, 0.2) is 45.5 Å². The van der Waals surface area contributed by atoms with Crippen LogP contribution in [-0.4, -0.2) is 19.1 Å². The number of nitrogens with zero attached hydrogens (tertiary/aromatic N) is 1. The van der Waals surface area contributed by atoms with Crippen LogP contribution in [-0.2, 0) is 0 Å². The molecule has 2 rings (SSSR count). The Labute approximate surface area is 129 Å². The molecule has 1 aromatic heterocycles. The second-order valence-electron chi connectivity index (χ2n) is 3.98. The molecule has 1 aromatic carbocycles. The number of pyridine rings is 1. The average molecular weight is 386 g/mol. The zero-order chi connectivity index (χ0) is 13.8. The first kappa shape index (κ1) is 14.5. The molecule has 0 aliphatic rings.